The van der Waals surface area contributed by atoms with E-state index in [9.17, 15) is 0 Å². The normalized spacial score (nSPS) is 19.1. The van der Waals surface area contributed by atoms with E-state index in [1.807, 2.05) is 24.6 Å². The van der Waals surface area contributed by atoms with Gasteiger partial charge in [0.25, 0.3) is 0 Å². The van der Waals surface area contributed by atoms with Crippen LogP contribution in [0.25, 0.3) is 22.1 Å². The van der Waals surface area contributed by atoms with Crippen molar-refractivity contribution < 1.29 is 0 Å². The zero-order chi connectivity index (χ0) is 19.0. The Balaban J connectivity index is 1.44. The Bertz CT molecular complexity index is 1350. The largest absolute Gasteiger partial charge is 0.304 e. The van der Waals surface area contributed by atoms with Crippen LogP contribution in [0.3, 0.4) is 0 Å². The molecule has 0 unspecified atom stereocenters. The smallest absolute Gasteiger partial charge is 0.162 e. The van der Waals surface area contributed by atoms with Gasteiger partial charge < -0.3 is 4.40 Å². The molecule has 2 atom stereocenters. The van der Waals surface area contributed by atoms with Crippen molar-refractivity contribution in [1.29, 1.82) is 0 Å². The molecule has 138 valence electrons. The molecule has 1 aromatic carbocycles. The van der Waals surface area contributed by atoms with Crippen molar-refractivity contribution in [3.05, 3.63) is 71.3 Å². The fraction of sp³-hybridized carbons (Fsp3) is 0.273. The summed E-state index contributed by atoms with van der Waals surface area (Å²) >= 11 is 0. The molecule has 4 aromatic heterocycles. The highest BCUT2D eigenvalue weighted by Crippen LogP contribution is 2.54. The van der Waals surface area contributed by atoms with E-state index in [1.54, 1.807) is 0 Å². The third-order valence-electron chi connectivity index (χ3n) is 5.99. The van der Waals surface area contributed by atoms with Crippen molar-refractivity contribution in [1.82, 2.24) is 29.0 Å². The van der Waals surface area contributed by atoms with Gasteiger partial charge in [-0.25, -0.2) is 15.0 Å². The van der Waals surface area contributed by atoms with Crippen LogP contribution < -0.4 is 0 Å². The number of nitrogens with zero attached hydrogens (tertiary/aromatic N) is 6. The highest BCUT2D eigenvalue weighted by atomic mass is 15.3. The van der Waals surface area contributed by atoms with E-state index < -0.39 is 0 Å². The molecular formula is C22H20N6. The minimum Gasteiger partial charge on any atom is -0.304 e. The second-order valence-corrected chi connectivity index (χ2v) is 7.82. The van der Waals surface area contributed by atoms with Crippen LogP contribution in [0.2, 0.25) is 0 Å². The first-order chi connectivity index (χ1) is 13.6. The molecule has 28 heavy (non-hydrogen) atoms. The summed E-state index contributed by atoms with van der Waals surface area (Å²) < 4.78 is 4.08. The maximum absolute atomic E-state index is 5.06. The van der Waals surface area contributed by atoms with E-state index in [2.05, 4.69) is 52.8 Å². The minimum atomic E-state index is 0.327. The van der Waals surface area contributed by atoms with Gasteiger partial charge in [0.2, 0.25) is 0 Å². The molecule has 6 nitrogen and oxygen atoms in total. The van der Waals surface area contributed by atoms with Gasteiger partial charge in [-0.15, -0.1) is 5.10 Å². The first-order valence-corrected chi connectivity index (χ1v) is 9.67. The third kappa shape index (κ3) is 2.08. The lowest BCUT2D eigenvalue weighted by atomic mass is 10.2. The predicted octanol–water partition coefficient (Wildman–Crippen LogP) is 4.12. The number of rotatable bonds is 2. The standard InChI is InChI=1S/C22H20N6/c1-12-11-23-14(3)28-21(12)25-20(26-28)18-10-17(18)19-13(2)27-9-8-15-6-4-5-7-16(15)22(27)24-19/h4-9,11,17-18H,10H2,1-3H3/t17-,18-/m0/s1. The lowest BCUT2D eigenvalue weighted by molar-refractivity contribution is 0.810. The fourth-order valence-electron chi connectivity index (χ4n) is 4.31. The molecule has 6 heteroatoms. The minimum absolute atomic E-state index is 0.327. The molecule has 0 spiro atoms. The Morgan fingerprint density at radius 3 is 2.68 bits per heavy atom. The Kier molecular flexibility index (Phi) is 3.02. The summed E-state index contributed by atoms with van der Waals surface area (Å²) in [5.74, 6) is 2.48. The van der Waals surface area contributed by atoms with Gasteiger partial charge in [-0.2, -0.15) is 4.52 Å². The summed E-state index contributed by atoms with van der Waals surface area (Å²) in [5.41, 5.74) is 5.38. The highest BCUT2D eigenvalue weighted by Gasteiger charge is 2.45. The monoisotopic (exact) mass is 368 g/mol. The Labute approximate surface area is 161 Å². The molecule has 0 bridgehead atoms. The predicted molar refractivity (Wildman–Crippen MR) is 108 cm³/mol. The third-order valence-corrected chi connectivity index (χ3v) is 5.99. The molecule has 0 radical (unpaired) electrons. The summed E-state index contributed by atoms with van der Waals surface area (Å²) in [6.45, 7) is 6.16. The van der Waals surface area contributed by atoms with Crippen LogP contribution >= 0.6 is 0 Å². The van der Waals surface area contributed by atoms with E-state index >= 15 is 0 Å². The summed E-state index contributed by atoms with van der Waals surface area (Å²) in [5, 5.41) is 7.17. The maximum atomic E-state index is 5.06. The maximum Gasteiger partial charge on any atom is 0.162 e. The van der Waals surface area contributed by atoms with Gasteiger partial charge in [-0.05, 0) is 38.6 Å². The van der Waals surface area contributed by atoms with E-state index in [4.69, 9.17) is 15.1 Å². The number of hydrogen-bond acceptors (Lipinski definition) is 4. The molecule has 0 amide bonds. The van der Waals surface area contributed by atoms with Gasteiger partial charge in [-0.3, -0.25) is 0 Å². The van der Waals surface area contributed by atoms with Gasteiger partial charge in [0.05, 0.1) is 5.69 Å². The average Bonchev–Trinajstić information content (AvgIpc) is 3.23. The highest BCUT2D eigenvalue weighted by molar-refractivity contribution is 5.94. The van der Waals surface area contributed by atoms with Crippen LogP contribution in [-0.4, -0.2) is 29.0 Å². The topological polar surface area (TPSA) is 60.4 Å². The van der Waals surface area contributed by atoms with E-state index in [-0.39, 0.29) is 0 Å². The van der Waals surface area contributed by atoms with Crippen LogP contribution in [-0.2, 0) is 0 Å². The molecule has 1 aliphatic rings. The van der Waals surface area contributed by atoms with Gasteiger partial charge in [-0.1, -0.05) is 24.3 Å². The van der Waals surface area contributed by atoms with Crippen LogP contribution in [0.1, 0.15) is 46.9 Å². The summed E-state index contributed by atoms with van der Waals surface area (Å²) in [6.07, 6.45) is 5.04. The molecule has 0 saturated heterocycles. The number of benzene rings is 1. The second-order valence-electron chi connectivity index (χ2n) is 7.82. The van der Waals surface area contributed by atoms with Crippen molar-refractivity contribution in [2.75, 3.05) is 0 Å². The number of pyridine rings is 1. The number of hydrogen-bond donors (Lipinski definition) is 0. The molecule has 0 N–H and O–H groups in total. The van der Waals surface area contributed by atoms with Crippen LogP contribution in [0.4, 0.5) is 0 Å². The Hall–Kier alpha value is -3.28. The van der Waals surface area contributed by atoms with Crippen molar-refractivity contribution in [2.45, 2.75) is 39.0 Å². The summed E-state index contributed by atoms with van der Waals surface area (Å²) in [7, 11) is 0. The number of aromatic nitrogens is 6. The van der Waals surface area contributed by atoms with Crippen LogP contribution in [0.15, 0.2) is 42.7 Å². The molecule has 1 saturated carbocycles. The molecule has 1 fully saturated rings. The Morgan fingerprint density at radius 2 is 1.82 bits per heavy atom. The summed E-state index contributed by atoms with van der Waals surface area (Å²) in [4.78, 5) is 14.3. The van der Waals surface area contributed by atoms with Gasteiger partial charge in [0.15, 0.2) is 11.5 Å². The van der Waals surface area contributed by atoms with E-state index in [1.165, 1.54) is 22.2 Å². The van der Waals surface area contributed by atoms with Gasteiger partial charge in [0, 0.05) is 40.9 Å². The molecule has 4 heterocycles. The lowest BCUT2D eigenvalue weighted by Gasteiger charge is -2.01. The molecule has 0 aliphatic heterocycles. The van der Waals surface area contributed by atoms with Crippen LogP contribution in [0.5, 0.6) is 0 Å². The van der Waals surface area contributed by atoms with Crippen molar-refractivity contribution in [3.63, 3.8) is 0 Å². The van der Waals surface area contributed by atoms with Crippen molar-refractivity contribution >= 4 is 22.1 Å². The molecular weight excluding hydrogens is 348 g/mol. The SMILES string of the molecule is Cc1cnc(C)n2nc([C@H]3C[C@@H]3c3nc4c5ccccc5ccn4c3C)nc12. The lowest BCUT2D eigenvalue weighted by Crippen LogP contribution is -1.98. The van der Waals surface area contributed by atoms with E-state index in [0.29, 0.717) is 11.8 Å². The zero-order valence-corrected chi connectivity index (χ0v) is 16.1. The fourth-order valence-corrected chi connectivity index (χ4v) is 4.31. The summed E-state index contributed by atoms with van der Waals surface area (Å²) in [6, 6.07) is 10.6. The quantitative estimate of drug-likeness (QED) is 0.470. The molecule has 6 rings (SSSR count). The average molecular weight is 368 g/mol. The molecule has 1 aliphatic carbocycles. The number of imidazole rings is 1. The zero-order valence-electron chi connectivity index (χ0n) is 16.1. The number of aryl methyl sites for hydroxylation is 3. The first kappa shape index (κ1) is 15.7. The second kappa shape index (κ2) is 5.38. The van der Waals surface area contributed by atoms with Crippen molar-refractivity contribution in [3.8, 4) is 0 Å². The first-order valence-electron chi connectivity index (χ1n) is 9.67. The molecule has 5 aromatic rings. The Morgan fingerprint density at radius 1 is 0.964 bits per heavy atom. The van der Waals surface area contributed by atoms with Crippen molar-refractivity contribution in [2.24, 2.45) is 0 Å². The van der Waals surface area contributed by atoms with E-state index in [0.717, 1.165) is 34.9 Å². The number of fused-ring (bicyclic) bond motifs is 4. The van der Waals surface area contributed by atoms with Crippen LogP contribution in [0, 0.1) is 20.8 Å². The van der Waals surface area contributed by atoms with Gasteiger partial charge >= 0.3 is 0 Å². The van der Waals surface area contributed by atoms with Gasteiger partial charge in [0.1, 0.15) is 11.5 Å².